The first kappa shape index (κ1) is 14.7. The first-order valence-electron chi connectivity index (χ1n) is 6.55. The summed E-state index contributed by atoms with van der Waals surface area (Å²) in [6.07, 6.45) is 3.71. The number of nitrogens with one attached hydrogen (secondary N) is 1. The molecule has 0 unspecified atom stereocenters. The molecule has 2 heteroatoms. The maximum absolute atomic E-state index is 3.58. The van der Waals surface area contributed by atoms with Gasteiger partial charge in [0.05, 0.1) is 0 Å². The molecule has 1 rings (SSSR count). The predicted molar refractivity (Wildman–Crippen MR) is 79.5 cm³/mol. The van der Waals surface area contributed by atoms with Gasteiger partial charge in [0.15, 0.2) is 0 Å². The summed E-state index contributed by atoms with van der Waals surface area (Å²) < 4.78 is 1.23. The van der Waals surface area contributed by atoms with E-state index in [0.29, 0.717) is 0 Å². The smallest absolute Gasteiger partial charge is 0.0207 e. The first-order valence-corrected chi connectivity index (χ1v) is 7.34. The highest BCUT2D eigenvalue weighted by molar-refractivity contribution is 9.10. The van der Waals surface area contributed by atoms with E-state index in [1.807, 2.05) is 0 Å². The Morgan fingerprint density at radius 3 is 2.65 bits per heavy atom. The van der Waals surface area contributed by atoms with Gasteiger partial charge in [0.25, 0.3) is 0 Å². The Hall–Kier alpha value is -0.340. The molecule has 0 aromatic heterocycles. The van der Waals surface area contributed by atoms with Gasteiger partial charge in [0.2, 0.25) is 0 Å². The van der Waals surface area contributed by atoms with Crippen molar-refractivity contribution in [3.63, 3.8) is 0 Å². The molecule has 0 spiro atoms. The topological polar surface area (TPSA) is 12.0 Å². The van der Waals surface area contributed by atoms with Gasteiger partial charge in [-0.2, -0.15) is 0 Å². The fourth-order valence-corrected chi connectivity index (χ4v) is 2.19. The van der Waals surface area contributed by atoms with Crippen molar-refractivity contribution in [2.75, 3.05) is 13.1 Å². The minimum Gasteiger partial charge on any atom is -0.316 e. The average Bonchev–Trinajstić information content (AvgIpc) is 2.27. The number of aryl methyl sites for hydroxylation is 2. The van der Waals surface area contributed by atoms with Crippen molar-refractivity contribution < 1.29 is 0 Å². The number of benzene rings is 1. The van der Waals surface area contributed by atoms with Gasteiger partial charge in [-0.15, -0.1) is 0 Å². The molecular formula is C15H24BrN. The van der Waals surface area contributed by atoms with Gasteiger partial charge in [0.1, 0.15) is 0 Å². The Morgan fingerprint density at radius 2 is 2.00 bits per heavy atom. The van der Waals surface area contributed by atoms with Crippen LogP contribution >= 0.6 is 15.9 Å². The Balaban J connectivity index is 2.16. The number of halogens is 1. The Kier molecular flexibility index (Phi) is 6.83. The zero-order chi connectivity index (χ0) is 12.7. The summed E-state index contributed by atoms with van der Waals surface area (Å²) in [4.78, 5) is 0. The van der Waals surface area contributed by atoms with Crippen LogP contribution in [0, 0.1) is 12.8 Å². The van der Waals surface area contributed by atoms with E-state index in [-0.39, 0.29) is 0 Å². The van der Waals surface area contributed by atoms with Gasteiger partial charge in [-0.1, -0.05) is 41.9 Å². The number of unbranched alkanes of at least 4 members (excludes halogenated alkanes) is 1. The van der Waals surface area contributed by atoms with E-state index in [4.69, 9.17) is 0 Å². The van der Waals surface area contributed by atoms with Crippen LogP contribution in [-0.2, 0) is 6.42 Å². The van der Waals surface area contributed by atoms with Crippen LogP contribution in [-0.4, -0.2) is 13.1 Å². The summed E-state index contributed by atoms with van der Waals surface area (Å²) in [5, 5.41) is 3.48. The van der Waals surface area contributed by atoms with Gasteiger partial charge in [-0.05, 0) is 62.4 Å². The van der Waals surface area contributed by atoms with Crippen LogP contribution in [0.3, 0.4) is 0 Å². The molecule has 0 bridgehead atoms. The van der Waals surface area contributed by atoms with Crippen molar-refractivity contribution in [3.8, 4) is 0 Å². The van der Waals surface area contributed by atoms with E-state index < -0.39 is 0 Å². The molecule has 0 saturated heterocycles. The van der Waals surface area contributed by atoms with E-state index in [0.717, 1.165) is 19.0 Å². The highest BCUT2D eigenvalue weighted by Crippen LogP contribution is 2.18. The molecule has 0 radical (unpaired) electrons. The van der Waals surface area contributed by atoms with Crippen LogP contribution in [0.25, 0.3) is 0 Å². The zero-order valence-corrected chi connectivity index (χ0v) is 12.8. The first-order chi connectivity index (χ1) is 8.09. The molecule has 0 atom stereocenters. The molecule has 1 nitrogen and oxygen atoms in total. The second-order valence-electron chi connectivity index (χ2n) is 5.14. The van der Waals surface area contributed by atoms with E-state index in [2.05, 4.69) is 60.2 Å². The second kappa shape index (κ2) is 7.88. The van der Waals surface area contributed by atoms with Crippen LogP contribution in [0.15, 0.2) is 22.7 Å². The molecule has 0 saturated carbocycles. The lowest BCUT2D eigenvalue weighted by atomic mass is 10.1. The Morgan fingerprint density at radius 1 is 1.24 bits per heavy atom. The van der Waals surface area contributed by atoms with Crippen LogP contribution in [0.4, 0.5) is 0 Å². The maximum Gasteiger partial charge on any atom is 0.0207 e. The molecular weight excluding hydrogens is 274 g/mol. The maximum atomic E-state index is 3.58. The van der Waals surface area contributed by atoms with E-state index in [1.165, 1.54) is 34.9 Å². The zero-order valence-electron chi connectivity index (χ0n) is 11.2. The van der Waals surface area contributed by atoms with Crippen molar-refractivity contribution in [1.29, 1.82) is 0 Å². The number of hydrogen-bond acceptors (Lipinski definition) is 1. The third-order valence-electron chi connectivity index (χ3n) is 2.86. The SMILES string of the molecule is Cc1ccc(CCCCNCC(C)C)cc1Br. The quantitative estimate of drug-likeness (QED) is 0.739. The van der Waals surface area contributed by atoms with Gasteiger partial charge in [-0.25, -0.2) is 0 Å². The van der Waals surface area contributed by atoms with E-state index in [1.54, 1.807) is 0 Å². The monoisotopic (exact) mass is 297 g/mol. The lowest BCUT2D eigenvalue weighted by Crippen LogP contribution is -2.20. The molecule has 0 heterocycles. The molecule has 1 aromatic carbocycles. The number of rotatable bonds is 7. The molecule has 1 N–H and O–H groups in total. The van der Waals surface area contributed by atoms with Crippen molar-refractivity contribution >= 4 is 15.9 Å². The van der Waals surface area contributed by atoms with E-state index in [9.17, 15) is 0 Å². The van der Waals surface area contributed by atoms with E-state index >= 15 is 0 Å². The summed E-state index contributed by atoms with van der Waals surface area (Å²) in [6.45, 7) is 8.90. The minimum absolute atomic E-state index is 0.753. The minimum atomic E-state index is 0.753. The van der Waals surface area contributed by atoms with Gasteiger partial charge in [-0.3, -0.25) is 0 Å². The normalized spacial score (nSPS) is 11.1. The summed E-state index contributed by atoms with van der Waals surface area (Å²) in [6, 6.07) is 6.68. The van der Waals surface area contributed by atoms with Crippen LogP contribution in [0.1, 0.15) is 37.8 Å². The van der Waals surface area contributed by atoms with Gasteiger partial charge in [0, 0.05) is 4.47 Å². The second-order valence-corrected chi connectivity index (χ2v) is 5.99. The van der Waals surface area contributed by atoms with Gasteiger partial charge < -0.3 is 5.32 Å². The van der Waals surface area contributed by atoms with Gasteiger partial charge >= 0.3 is 0 Å². The van der Waals surface area contributed by atoms with Crippen LogP contribution < -0.4 is 5.32 Å². The summed E-state index contributed by atoms with van der Waals surface area (Å²) in [5.41, 5.74) is 2.75. The predicted octanol–water partition coefficient (Wildman–Crippen LogP) is 4.33. The fraction of sp³-hybridized carbons (Fsp3) is 0.600. The fourth-order valence-electron chi connectivity index (χ4n) is 1.76. The summed E-state index contributed by atoms with van der Waals surface area (Å²) >= 11 is 3.58. The molecule has 0 fully saturated rings. The highest BCUT2D eigenvalue weighted by atomic mass is 79.9. The molecule has 17 heavy (non-hydrogen) atoms. The standard InChI is InChI=1S/C15H24BrN/c1-12(2)11-17-9-5-4-6-14-8-7-13(3)15(16)10-14/h7-8,10,12,17H,4-6,9,11H2,1-3H3. The molecule has 1 aromatic rings. The molecule has 0 aliphatic heterocycles. The van der Waals surface area contributed by atoms with Crippen molar-refractivity contribution in [2.45, 2.75) is 40.0 Å². The Bertz CT molecular complexity index is 334. The van der Waals surface area contributed by atoms with Crippen LogP contribution in [0.2, 0.25) is 0 Å². The van der Waals surface area contributed by atoms with Crippen molar-refractivity contribution in [2.24, 2.45) is 5.92 Å². The third-order valence-corrected chi connectivity index (χ3v) is 3.71. The van der Waals surface area contributed by atoms with Crippen LogP contribution in [0.5, 0.6) is 0 Å². The summed E-state index contributed by atoms with van der Waals surface area (Å²) in [5.74, 6) is 0.753. The lowest BCUT2D eigenvalue weighted by Gasteiger charge is -2.07. The molecule has 96 valence electrons. The molecule has 0 amide bonds. The highest BCUT2D eigenvalue weighted by Gasteiger charge is 1.98. The largest absolute Gasteiger partial charge is 0.316 e. The average molecular weight is 298 g/mol. The Labute approximate surface area is 114 Å². The molecule has 0 aliphatic carbocycles. The number of hydrogen-bond donors (Lipinski definition) is 1. The molecule has 0 aliphatic rings. The summed E-state index contributed by atoms with van der Waals surface area (Å²) in [7, 11) is 0. The van der Waals surface area contributed by atoms with Crippen molar-refractivity contribution in [1.82, 2.24) is 5.32 Å². The van der Waals surface area contributed by atoms with Crippen molar-refractivity contribution in [3.05, 3.63) is 33.8 Å². The lowest BCUT2D eigenvalue weighted by molar-refractivity contribution is 0.535. The third kappa shape index (κ3) is 6.23.